The second-order valence-corrected chi connectivity index (χ2v) is 6.26. The molecule has 0 saturated heterocycles. The molecular formula is C16H18KNO4. The van der Waals surface area contributed by atoms with Crippen molar-refractivity contribution >= 4 is 11.6 Å². The Kier molecular flexibility index (Phi) is 6.95. The summed E-state index contributed by atoms with van der Waals surface area (Å²) in [6.07, 6.45) is 0.518. The summed E-state index contributed by atoms with van der Waals surface area (Å²) in [5.74, 6) is -1.17. The summed E-state index contributed by atoms with van der Waals surface area (Å²) in [5, 5.41) is 10.9. The molecule has 2 rings (SSSR count). The number of hydrogen-bond acceptors (Lipinski definition) is 4. The molecule has 1 aliphatic carbocycles. The largest absolute Gasteiger partial charge is 1.00 e. The smallest absolute Gasteiger partial charge is 0.334 e. The predicted molar refractivity (Wildman–Crippen MR) is 77.3 cm³/mol. The van der Waals surface area contributed by atoms with Gasteiger partial charge in [-0.3, -0.25) is 10.1 Å². The number of carbonyl (C=O) groups excluding carboxylic acids is 2. The molecule has 22 heavy (non-hydrogen) atoms. The second kappa shape index (κ2) is 7.83. The Labute approximate surface area is 172 Å². The molecule has 0 bridgehead atoms. The van der Waals surface area contributed by atoms with Crippen LogP contribution in [0, 0.1) is 21.4 Å². The fraction of sp³-hybridized carbons (Fsp3) is 0.438. The second-order valence-electron chi connectivity index (χ2n) is 6.26. The topological polar surface area (TPSA) is 77.3 Å². The number of Topliss-reactive ketones (excluding diaryl/α,β-unsaturated/α-hetero) is 2. The number of nitro groups is 1. The number of nitrogens with zero attached hydrogens (tertiary/aromatic N) is 1. The quantitative estimate of drug-likeness (QED) is 0.326. The molecule has 1 atom stereocenters. The van der Waals surface area contributed by atoms with E-state index in [9.17, 15) is 19.7 Å². The van der Waals surface area contributed by atoms with Gasteiger partial charge < -0.3 is 9.59 Å². The molecule has 0 spiro atoms. The molecule has 5 nitrogen and oxygen atoms in total. The molecule has 112 valence electrons. The van der Waals surface area contributed by atoms with Crippen molar-refractivity contribution in [2.45, 2.75) is 32.6 Å². The zero-order valence-electron chi connectivity index (χ0n) is 13.2. The molecule has 1 aliphatic rings. The van der Waals surface area contributed by atoms with Gasteiger partial charge in [0.25, 0.3) is 0 Å². The summed E-state index contributed by atoms with van der Waals surface area (Å²) in [6.45, 7) is 3.30. The van der Waals surface area contributed by atoms with Crippen LogP contribution >= 0.6 is 0 Å². The van der Waals surface area contributed by atoms with Gasteiger partial charge in [0.15, 0.2) is 6.54 Å². The molecule has 1 fully saturated rings. The summed E-state index contributed by atoms with van der Waals surface area (Å²) in [7, 11) is 0. The van der Waals surface area contributed by atoms with E-state index >= 15 is 0 Å². The SMILES string of the molecule is CC1(C)CC(=O)[C-](C(C[N+](=O)[O-])c2ccccc2)C(=O)C1.[K+]. The van der Waals surface area contributed by atoms with Gasteiger partial charge in [0.2, 0.25) is 0 Å². The van der Waals surface area contributed by atoms with E-state index in [0.717, 1.165) is 0 Å². The van der Waals surface area contributed by atoms with Gasteiger partial charge in [-0.1, -0.05) is 49.7 Å². The van der Waals surface area contributed by atoms with E-state index < -0.39 is 17.4 Å². The van der Waals surface area contributed by atoms with Crippen LogP contribution in [0.2, 0.25) is 0 Å². The van der Waals surface area contributed by atoms with Crippen LogP contribution in [-0.4, -0.2) is 23.0 Å². The Morgan fingerprint density at radius 2 is 1.68 bits per heavy atom. The van der Waals surface area contributed by atoms with E-state index in [1.54, 1.807) is 30.3 Å². The van der Waals surface area contributed by atoms with Crippen LogP contribution in [0.4, 0.5) is 0 Å². The van der Waals surface area contributed by atoms with Gasteiger partial charge in [0.05, 0.1) is 0 Å². The first kappa shape index (κ1) is 19.5. The molecule has 1 aromatic rings. The van der Waals surface area contributed by atoms with E-state index in [2.05, 4.69) is 0 Å². The van der Waals surface area contributed by atoms with Crippen molar-refractivity contribution in [2.24, 2.45) is 5.41 Å². The Morgan fingerprint density at radius 1 is 1.18 bits per heavy atom. The third-order valence-electron chi connectivity index (χ3n) is 3.76. The summed E-state index contributed by atoms with van der Waals surface area (Å²) in [6, 6.07) is 8.75. The van der Waals surface area contributed by atoms with E-state index in [-0.39, 0.29) is 87.1 Å². The maximum absolute atomic E-state index is 12.3. The molecule has 0 heterocycles. The van der Waals surface area contributed by atoms with Crippen molar-refractivity contribution in [3.63, 3.8) is 0 Å². The van der Waals surface area contributed by atoms with Crippen LogP contribution < -0.4 is 51.4 Å². The van der Waals surface area contributed by atoms with Gasteiger partial charge >= 0.3 is 51.4 Å². The Bertz CT molecular complexity index is 551. The Morgan fingerprint density at radius 3 is 2.14 bits per heavy atom. The molecule has 0 N–H and O–H groups in total. The van der Waals surface area contributed by atoms with Gasteiger partial charge in [-0.2, -0.15) is 0 Å². The van der Waals surface area contributed by atoms with Gasteiger partial charge in [0, 0.05) is 16.5 Å². The van der Waals surface area contributed by atoms with Crippen molar-refractivity contribution in [3.05, 3.63) is 51.9 Å². The van der Waals surface area contributed by atoms with Gasteiger partial charge in [-0.05, 0) is 24.2 Å². The number of hydrogen-bond donors (Lipinski definition) is 0. The summed E-state index contributed by atoms with van der Waals surface area (Å²) in [4.78, 5) is 35.1. The monoisotopic (exact) mass is 327 g/mol. The maximum atomic E-state index is 12.3. The first-order valence-corrected chi connectivity index (χ1v) is 6.90. The van der Waals surface area contributed by atoms with Gasteiger partial charge in [0.1, 0.15) is 0 Å². The van der Waals surface area contributed by atoms with Crippen molar-refractivity contribution in [1.29, 1.82) is 0 Å². The third-order valence-corrected chi connectivity index (χ3v) is 3.76. The number of carbonyl (C=O) groups is 2. The summed E-state index contributed by atoms with van der Waals surface area (Å²) in [5.41, 5.74) is 0.277. The predicted octanol–water partition coefficient (Wildman–Crippen LogP) is -0.416. The molecule has 1 unspecified atom stereocenters. The Hall–Kier alpha value is -0.534. The first-order chi connectivity index (χ1) is 9.80. The normalized spacial score (nSPS) is 18.5. The zero-order chi connectivity index (χ0) is 15.6. The van der Waals surface area contributed by atoms with Gasteiger partial charge in [-0.15, -0.1) is 0 Å². The first-order valence-electron chi connectivity index (χ1n) is 6.90. The molecule has 0 aromatic heterocycles. The van der Waals surface area contributed by atoms with Crippen LogP contribution in [0.5, 0.6) is 0 Å². The number of benzene rings is 1. The number of ketones is 2. The van der Waals surface area contributed by atoms with E-state index in [0.29, 0.717) is 5.56 Å². The Balaban J connectivity index is 0.00000242. The van der Waals surface area contributed by atoms with Crippen LogP contribution in [-0.2, 0) is 9.59 Å². The summed E-state index contributed by atoms with van der Waals surface area (Å²) >= 11 is 0. The molecule has 0 amide bonds. The van der Waals surface area contributed by atoms with Crippen LogP contribution in [0.3, 0.4) is 0 Å². The fourth-order valence-corrected chi connectivity index (χ4v) is 2.86. The standard InChI is InChI=1S/C16H18NO4.K/c1-16(2)8-13(18)15(14(19)9-16)12(10-17(20)21)11-6-4-3-5-7-11;/h3-7,12H,8-10H2,1-2H3;/q-1;+1. The van der Waals surface area contributed by atoms with Crippen LogP contribution in [0.15, 0.2) is 30.3 Å². The third kappa shape index (κ3) is 4.73. The van der Waals surface area contributed by atoms with Crippen molar-refractivity contribution in [2.75, 3.05) is 6.54 Å². The van der Waals surface area contributed by atoms with Gasteiger partial charge in [-0.25, -0.2) is 5.92 Å². The maximum Gasteiger partial charge on any atom is 1.00 e. The molecule has 1 saturated carbocycles. The number of rotatable bonds is 4. The minimum Gasteiger partial charge on any atom is -0.334 e. The molecule has 6 heteroatoms. The fourth-order valence-electron chi connectivity index (χ4n) is 2.86. The van der Waals surface area contributed by atoms with Crippen LogP contribution in [0.1, 0.15) is 38.2 Å². The van der Waals surface area contributed by atoms with E-state index in [1.807, 2.05) is 13.8 Å². The molecule has 0 radical (unpaired) electrons. The molecular weight excluding hydrogens is 309 g/mol. The average Bonchev–Trinajstić information content (AvgIpc) is 2.36. The summed E-state index contributed by atoms with van der Waals surface area (Å²) < 4.78 is 0. The van der Waals surface area contributed by atoms with E-state index in [1.165, 1.54) is 0 Å². The zero-order valence-corrected chi connectivity index (χ0v) is 16.3. The molecule has 1 aromatic carbocycles. The van der Waals surface area contributed by atoms with Crippen molar-refractivity contribution in [3.8, 4) is 0 Å². The van der Waals surface area contributed by atoms with Crippen LogP contribution in [0.25, 0.3) is 0 Å². The van der Waals surface area contributed by atoms with E-state index in [4.69, 9.17) is 0 Å². The minimum atomic E-state index is -0.753. The van der Waals surface area contributed by atoms with Crippen molar-refractivity contribution in [1.82, 2.24) is 0 Å². The van der Waals surface area contributed by atoms with Crippen molar-refractivity contribution < 1.29 is 65.9 Å². The minimum absolute atomic E-state index is 0. The molecule has 0 aliphatic heterocycles. The average molecular weight is 327 g/mol.